The van der Waals surface area contributed by atoms with Crippen LogP contribution in [-0.2, 0) is 5.41 Å². The van der Waals surface area contributed by atoms with Crippen molar-refractivity contribution in [2.75, 3.05) is 7.11 Å². The quantitative estimate of drug-likeness (QED) is 0.643. The molecule has 3 rings (SSSR count). The fraction of sp³-hybridized carbons (Fsp3) is 0.278. The highest BCUT2D eigenvalue weighted by atomic mass is 32.1. The van der Waals surface area contributed by atoms with Crippen LogP contribution in [0.25, 0.3) is 20.8 Å². The van der Waals surface area contributed by atoms with Gasteiger partial charge in [-0.05, 0) is 29.2 Å². The first kappa shape index (κ1) is 14.1. The molecule has 3 aromatic rings. The second kappa shape index (κ2) is 5.15. The number of nitrogens with zero attached hydrogens (tertiary/aromatic N) is 1. The van der Waals surface area contributed by atoms with E-state index in [2.05, 4.69) is 45.0 Å². The second-order valence-corrected chi connectivity index (χ2v) is 7.21. The van der Waals surface area contributed by atoms with Gasteiger partial charge in [-0.25, -0.2) is 4.98 Å². The molecule has 0 saturated carbocycles. The van der Waals surface area contributed by atoms with E-state index in [0.717, 1.165) is 21.0 Å². The molecule has 3 heteroatoms. The number of hydrogen-bond donors (Lipinski definition) is 0. The molecule has 1 aromatic heterocycles. The van der Waals surface area contributed by atoms with Crippen molar-refractivity contribution in [2.45, 2.75) is 26.2 Å². The minimum absolute atomic E-state index is 0.180. The summed E-state index contributed by atoms with van der Waals surface area (Å²) in [5.74, 6) is 0.876. The van der Waals surface area contributed by atoms with Crippen molar-refractivity contribution in [3.8, 4) is 16.3 Å². The van der Waals surface area contributed by atoms with Crippen molar-refractivity contribution < 1.29 is 4.74 Å². The molecular weight excluding hydrogens is 278 g/mol. The molecule has 108 valence electrons. The van der Waals surface area contributed by atoms with E-state index in [9.17, 15) is 0 Å². The maximum Gasteiger partial charge on any atom is 0.124 e. The third kappa shape index (κ3) is 2.79. The first-order valence-corrected chi connectivity index (χ1v) is 7.84. The summed E-state index contributed by atoms with van der Waals surface area (Å²) < 4.78 is 6.43. The highest BCUT2D eigenvalue weighted by molar-refractivity contribution is 7.21. The van der Waals surface area contributed by atoms with Gasteiger partial charge in [0.2, 0.25) is 0 Å². The van der Waals surface area contributed by atoms with Crippen LogP contribution in [0, 0.1) is 0 Å². The number of aromatic nitrogens is 1. The lowest BCUT2D eigenvalue weighted by Crippen LogP contribution is -2.10. The fourth-order valence-electron chi connectivity index (χ4n) is 2.27. The molecule has 2 nitrogen and oxygen atoms in total. The van der Waals surface area contributed by atoms with E-state index in [-0.39, 0.29) is 5.41 Å². The average Bonchev–Trinajstić information content (AvgIpc) is 2.89. The molecule has 0 N–H and O–H groups in total. The zero-order chi connectivity index (χ0) is 15.0. The van der Waals surface area contributed by atoms with Crippen LogP contribution in [0.15, 0.2) is 42.5 Å². The summed E-state index contributed by atoms with van der Waals surface area (Å²) in [4.78, 5) is 4.71. The van der Waals surface area contributed by atoms with Gasteiger partial charge in [-0.1, -0.05) is 45.0 Å². The number of fused-ring (bicyclic) bond motifs is 1. The van der Waals surface area contributed by atoms with Gasteiger partial charge in [0.1, 0.15) is 10.8 Å². The van der Waals surface area contributed by atoms with E-state index in [1.165, 1.54) is 11.1 Å². The average molecular weight is 297 g/mol. The van der Waals surface area contributed by atoms with Gasteiger partial charge >= 0.3 is 0 Å². The molecule has 2 aromatic carbocycles. The van der Waals surface area contributed by atoms with Crippen molar-refractivity contribution in [1.29, 1.82) is 0 Å². The number of ether oxygens (including phenoxy) is 1. The monoisotopic (exact) mass is 297 g/mol. The van der Waals surface area contributed by atoms with Gasteiger partial charge < -0.3 is 4.74 Å². The number of rotatable bonds is 2. The van der Waals surface area contributed by atoms with Crippen molar-refractivity contribution in [1.82, 2.24) is 4.98 Å². The predicted octanol–water partition coefficient (Wildman–Crippen LogP) is 5.27. The van der Waals surface area contributed by atoms with E-state index in [1.807, 2.05) is 18.2 Å². The van der Waals surface area contributed by atoms with Gasteiger partial charge in [0.05, 0.1) is 17.3 Å². The van der Waals surface area contributed by atoms with E-state index in [0.29, 0.717) is 0 Å². The van der Waals surface area contributed by atoms with Crippen LogP contribution in [-0.4, -0.2) is 12.1 Å². The highest BCUT2D eigenvalue weighted by Gasteiger charge is 2.14. The molecule has 0 aliphatic rings. The Labute approximate surface area is 129 Å². The highest BCUT2D eigenvalue weighted by Crippen LogP contribution is 2.33. The summed E-state index contributed by atoms with van der Waals surface area (Å²) in [5.41, 5.74) is 3.72. The van der Waals surface area contributed by atoms with Crippen LogP contribution in [0.2, 0.25) is 0 Å². The summed E-state index contributed by atoms with van der Waals surface area (Å²) in [7, 11) is 1.69. The second-order valence-electron chi connectivity index (χ2n) is 6.18. The van der Waals surface area contributed by atoms with Crippen molar-refractivity contribution in [3.05, 3.63) is 48.0 Å². The van der Waals surface area contributed by atoms with E-state index in [1.54, 1.807) is 18.4 Å². The Balaban J connectivity index is 2.00. The molecular formula is C18H19NOS. The van der Waals surface area contributed by atoms with Crippen LogP contribution in [0.5, 0.6) is 5.75 Å². The van der Waals surface area contributed by atoms with Crippen molar-refractivity contribution >= 4 is 21.6 Å². The van der Waals surface area contributed by atoms with Gasteiger partial charge in [0.15, 0.2) is 0 Å². The zero-order valence-electron chi connectivity index (χ0n) is 12.8. The lowest BCUT2D eigenvalue weighted by Gasteiger charge is -2.18. The topological polar surface area (TPSA) is 22.1 Å². The predicted molar refractivity (Wildman–Crippen MR) is 90.3 cm³/mol. The van der Waals surface area contributed by atoms with Crippen LogP contribution >= 0.6 is 11.3 Å². The fourth-order valence-corrected chi connectivity index (χ4v) is 3.27. The van der Waals surface area contributed by atoms with Gasteiger partial charge in [0, 0.05) is 5.56 Å². The SMILES string of the molecule is COc1ccc2nc(-c3ccc(C(C)(C)C)cc3)sc2c1. The van der Waals surface area contributed by atoms with Crippen LogP contribution in [0.1, 0.15) is 26.3 Å². The van der Waals surface area contributed by atoms with Crippen LogP contribution in [0.3, 0.4) is 0 Å². The molecule has 0 radical (unpaired) electrons. The molecule has 0 aliphatic carbocycles. The Hall–Kier alpha value is -1.87. The Morgan fingerprint density at radius 3 is 2.33 bits per heavy atom. The Bertz CT molecular complexity index is 766. The lowest BCUT2D eigenvalue weighted by atomic mass is 9.87. The largest absolute Gasteiger partial charge is 0.497 e. The molecule has 0 unspecified atom stereocenters. The summed E-state index contributed by atoms with van der Waals surface area (Å²) in [5, 5.41) is 1.05. The number of methoxy groups -OCH3 is 1. The van der Waals surface area contributed by atoms with Gasteiger partial charge in [-0.3, -0.25) is 0 Å². The summed E-state index contributed by atoms with van der Waals surface area (Å²) >= 11 is 1.70. The van der Waals surface area contributed by atoms with Crippen molar-refractivity contribution in [2.24, 2.45) is 0 Å². The summed E-state index contributed by atoms with van der Waals surface area (Å²) in [6, 6.07) is 14.7. The zero-order valence-corrected chi connectivity index (χ0v) is 13.6. The Kier molecular flexibility index (Phi) is 3.46. The molecule has 0 fully saturated rings. The molecule has 0 bridgehead atoms. The maximum atomic E-state index is 5.27. The summed E-state index contributed by atoms with van der Waals surface area (Å²) in [6.07, 6.45) is 0. The molecule has 0 atom stereocenters. The maximum absolute atomic E-state index is 5.27. The van der Waals surface area contributed by atoms with Crippen molar-refractivity contribution in [3.63, 3.8) is 0 Å². The number of thiazole rings is 1. The Morgan fingerprint density at radius 1 is 1.00 bits per heavy atom. The minimum atomic E-state index is 0.180. The van der Waals surface area contributed by atoms with Gasteiger partial charge in [-0.15, -0.1) is 11.3 Å². The molecule has 0 saturated heterocycles. The van der Waals surface area contributed by atoms with E-state index < -0.39 is 0 Å². The summed E-state index contributed by atoms with van der Waals surface area (Å²) in [6.45, 7) is 6.68. The smallest absolute Gasteiger partial charge is 0.124 e. The minimum Gasteiger partial charge on any atom is -0.497 e. The van der Waals surface area contributed by atoms with Crippen LogP contribution in [0.4, 0.5) is 0 Å². The third-order valence-corrected chi connectivity index (χ3v) is 4.66. The van der Waals surface area contributed by atoms with E-state index >= 15 is 0 Å². The molecule has 21 heavy (non-hydrogen) atoms. The molecule has 0 aliphatic heterocycles. The number of benzene rings is 2. The third-order valence-electron chi connectivity index (χ3n) is 3.59. The van der Waals surface area contributed by atoms with Gasteiger partial charge in [-0.2, -0.15) is 0 Å². The molecule has 1 heterocycles. The normalized spacial score (nSPS) is 11.8. The lowest BCUT2D eigenvalue weighted by molar-refractivity contribution is 0.415. The Morgan fingerprint density at radius 2 is 1.71 bits per heavy atom. The number of hydrogen-bond acceptors (Lipinski definition) is 3. The van der Waals surface area contributed by atoms with Gasteiger partial charge in [0.25, 0.3) is 0 Å². The first-order valence-electron chi connectivity index (χ1n) is 7.03. The van der Waals surface area contributed by atoms with E-state index in [4.69, 9.17) is 9.72 Å². The molecule has 0 spiro atoms. The molecule has 0 amide bonds. The standard InChI is InChI=1S/C18H19NOS/c1-18(2,3)13-7-5-12(6-8-13)17-19-15-10-9-14(20-4)11-16(15)21-17/h5-11H,1-4H3. The van der Waals surface area contributed by atoms with Crippen LogP contribution < -0.4 is 4.74 Å². The first-order chi connectivity index (χ1) is 9.97.